The Morgan fingerprint density at radius 1 is 1.00 bits per heavy atom. The van der Waals surface area contributed by atoms with E-state index in [1.54, 1.807) is 6.92 Å². The number of phosphoric ester groups is 1. The SMILES string of the molecule is CCC(=O)NCCOCCOCC(=O)NCCOP(=O)(O)OC. The zero-order valence-electron chi connectivity index (χ0n) is 13.4. The van der Waals surface area contributed by atoms with E-state index in [2.05, 4.69) is 19.7 Å². The molecule has 0 spiro atoms. The predicted octanol–water partition coefficient (Wildman–Crippen LogP) is -0.575. The lowest BCUT2D eigenvalue weighted by molar-refractivity contribution is -0.126. The number of ether oxygens (including phenoxy) is 2. The van der Waals surface area contributed by atoms with E-state index in [1.807, 2.05) is 0 Å². The molecule has 1 atom stereocenters. The van der Waals surface area contributed by atoms with Crippen LogP contribution in [-0.4, -0.2) is 69.9 Å². The second-order valence-corrected chi connectivity index (χ2v) is 5.76. The van der Waals surface area contributed by atoms with Crippen LogP contribution >= 0.6 is 7.82 Å². The normalized spacial score (nSPS) is 13.3. The molecule has 3 N–H and O–H groups in total. The highest BCUT2D eigenvalue weighted by atomic mass is 31.2. The second-order valence-electron chi connectivity index (χ2n) is 4.20. The number of amides is 2. The average molecular weight is 356 g/mol. The third kappa shape index (κ3) is 14.3. The fraction of sp³-hybridized carbons (Fsp3) is 0.833. The molecular weight excluding hydrogens is 331 g/mol. The van der Waals surface area contributed by atoms with Crippen LogP contribution in [0.5, 0.6) is 0 Å². The van der Waals surface area contributed by atoms with Crippen LogP contribution in [0.15, 0.2) is 0 Å². The molecule has 0 aromatic heterocycles. The smallest absolute Gasteiger partial charge is 0.377 e. The van der Waals surface area contributed by atoms with Crippen molar-refractivity contribution in [1.82, 2.24) is 10.6 Å². The monoisotopic (exact) mass is 356 g/mol. The predicted molar refractivity (Wildman–Crippen MR) is 80.7 cm³/mol. The maximum atomic E-state index is 11.3. The van der Waals surface area contributed by atoms with E-state index in [0.29, 0.717) is 26.2 Å². The van der Waals surface area contributed by atoms with Gasteiger partial charge in [0.1, 0.15) is 6.61 Å². The van der Waals surface area contributed by atoms with E-state index < -0.39 is 7.82 Å². The van der Waals surface area contributed by atoms with Gasteiger partial charge in [-0.2, -0.15) is 0 Å². The first kappa shape index (κ1) is 22.0. The quantitative estimate of drug-likeness (QED) is 0.278. The zero-order valence-corrected chi connectivity index (χ0v) is 14.3. The minimum atomic E-state index is -4.01. The molecule has 0 rings (SSSR count). The van der Waals surface area contributed by atoms with Crippen LogP contribution < -0.4 is 10.6 Å². The van der Waals surface area contributed by atoms with Crippen LogP contribution in [0.3, 0.4) is 0 Å². The Morgan fingerprint density at radius 3 is 2.26 bits per heavy atom. The van der Waals surface area contributed by atoms with E-state index in [4.69, 9.17) is 14.4 Å². The van der Waals surface area contributed by atoms with Gasteiger partial charge in [-0.15, -0.1) is 0 Å². The van der Waals surface area contributed by atoms with Crippen molar-refractivity contribution in [3.05, 3.63) is 0 Å². The molecular formula is C12H25N2O8P. The Labute approximate surface area is 135 Å². The second kappa shape index (κ2) is 13.4. The molecule has 11 heteroatoms. The molecule has 0 fully saturated rings. The topological polar surface area (TPSA) is 132 Å². The van der Waals surface area contributed by atoms with Crippen LogP contribution in [0.2, 0.25) is 0 Å². The molecule has 2 amide bonds. The number of phosphoric acid groups is 1. The number of carbonyl (C=O) groups is 2. The van der Waals surface area contributed by atoms with Gasteiger partial charge in [0.15, 0.2) is 0 Å². The zero-order chi connectivity index (χ0) is 17.6. The summed E-state index contributed by atoms with van der Waals surface area (Å²) >= 11 is 0. The Bertz CT molecular complexity index is 393. The van der Waals surface area contributed by atoms with Gasteiger partial charge in [0.05, 0.1) is 26.4 Å². The van der Waals surface area contributed by atoms with E-state index in [1.165, 1.54) is 0 Å². The number of hydrogen-bond donors (Lipinski definition) is 3. The van der Waals surface area contributed by atoms with E-state index in [-0.39, 0.29) is 38.2 Å². The summed E-state index contributed by atoms with van der Waals surface area (Å²) in [6.45, 7) is 2.87. The maximum absolute atomic E-state index is 11.3. The first-order valence-corrected chi connectivity index (χ1v) is 8.62. The van der Waals surface area contributed by atoms with Crippen LogP contribution in [0, 0.1) is 0 Å². The van der Waals surface area contributed by atoms with Crippen molar-refractivity contribution in [2.45, 2.75) is 13.3 Å². The molecule has 0 radical (unpaired) electrons. The summed E-state index contributed by atoms with van der Waals surface area (Å²) in [7, 11) is -2.96. The summed E-state index contributed by atoms with van der Waals surface area (Å²) in [5.41, 5.74) is 0. The summed E-state index contributed by atoms with van der Waals surface area (Å²) in [4.78, 5) is 31.2. The van der Waals surface area contributed by atoms with Crippen LogP contribution in [0.4, 0.5) is 0 Å². The summed E-state index contributed by atoms with van der Waals surface area (Å²) in [5.74, 6) is -0.414. The Kier molecular flexibility index (Phi) is 12.8. The largest absolute Gasteiger partial charge is 0.471 e. The first-order valence-electron chi connectivity index (χ1n) is 7.13. The van der Waals surface area contributed by atoms with Crippen LogP contribution in [0.25, 0.3) is 0 Å². The Morgan fingerprint density at radius 2 is 1.61 bits per heavy atom. The Balaban J connectivity index is 3.37. The third-order valence-electron chi connectivity index (χ3n) is 2.40. The van der Waals surface area contributed by atoms with Gasteiger partial charge >= 0.3 is 7.82 Å². The number of rotatable bonds is 14. The molecule has 1 unspecified atom stereocenters. The van der Waals surface area contributed by atoms with Crippen LogP contribution in [-0.2, 0) is 32.7 Å². The highest BCUT2D eigenvalue weighted by Gasteiger charge is 2.17. The summed E-state index contributed by atoms with van der Waals surface area (Å²) in [6.07, 6.45) is 0.435. The van der Waals surface area contributed by atoms with Gasteiger partial charge in [-0.25, -0.2) is 4.57 Å². The maximum Gasteiger partial charge on any atom is 0.471 e. The molecule has 23 heavy (non-hydrogen) atoms. The fourth-order valence-corrected chi connectivity index (χ4v) is 1.66. The van der Waals surface area contributed by atoms with Crippen molar-refractivity contribution in [2.75, 3.05) is 53.2 Å². The lowest BCUT2D eigenvalue weighted by Crippen LogP contribution is -2.31. The number of carbonyl (C=O) groups excluding carboxylic acids is 2. The first-order chi connectivity index (χ1) is 10.9. The van der Waals surface area contributed by atoms with Gasteiger partial charge in [0, 0.05) is 26.6 Å². The summed E-state index contributed by atoms with van der Waals surface area (Å²) < 4.78 is 29.9. The van der Waals surface area contributed by atoms with Gasteiger partial charge in [0.25, 0.3) is 0 Å². The van der Waals surface area contributed by atoms with Gasteiger partial charge < -0.3 is 25.0 Å². The third-order valence-corrected chi connectivity index (χ3v) is 3.37. The average Bonchev–Trinajstić information content (AvgIpc) is 2.53. The molecule has 0 saturated heterocycles. The molecule has 0 aromatic carbocycles. The molecule has 0 heterocycles. The van der Waals surface area contributed by atoms with Crippen molar-refractivity contribution >= 4 is 19.6 Å². The van der Waals surface area contributed by atoms with Crippen molar-refractivity contribution in [2.24, 2.45) is 0 Å². The van der Waals surface area contributed by atoms with E-state index >= 15 is 0 Å². The van der Waals surface area contributed by atoms with Gasteiger partial charge in [0.2, 0.25) is 11.8 Å². The molecule has 0 bridgehead atoms. The molecule has 0 aromatic rings. The Hall–Kier alpha value is -1.03. The van der Waals surface area contributed by atoms with Gasteiger partial charge in [-0.05, 0) is 0 Å². The molecule has 0 aliphatic heterocycles. The van der Waals surface area contributed by atoms with E-state index in [9.17, 15) is 14.2 Å². The van der Waals surface area contributed by atoms with Crippen molar-refractivity contribution < 1.29 is 37.6 Å². The summed E-state index contributed by atoms with van der Waals surface area (Å²) in [5, 5.41) is 5.10. The highest BCUT2D eigenvalue weighted by Crippen LogP contribution is 2.41. The summed E-state index contributed by atoms with van der Waals surface area (Å²) in [6, 6.07) is 0. The standard InChI is InChI=1S/C12H25N2O8P/c1-3-11(15)13-4-6-20-8-9-21-10-12(16)14-5-7-22-23(17,18)19-2/h3-10H2,1-2H3,(H,13,15)(H,14,16)(H,17,18). The van der Waals surface area contributed by atoms with E-state index in [0.717, 1.165) is 7.11 Å². The minimum absolute atomic E-state index is 0.0337. The molecule has 136 valence electrons. The molecule has 10 nitrogen and oxygen atoms in total. The molecule has 0 aliphatic carbocycles. The molecule has 0 aliphatic rings. The lowest BCUT2D eigenvalue weighted by Gasteiger charge is -2.10. The highest BCUT2D eigenvalue weighted by molar-refractivity contribution is 7.47. The number of hydrogen-bond acceptors (Lipinski definition) is 7. The van der Waals surface area contributed by atoms with Crippen molar-refractivity contribution in [1.29, 1.82) is 0 Å². The number of nitrogens with one attached hydrogen (secondary N) is 2. The van der Waals surface area contributed by atoms with Gasteiger partial charge in [-0.1, -0.05) is 6.92 Å². The van der Waals surface area contributed by atoms with Crippen LogP contribution in [0.1, 0.15) is 13.3 Å². The minimum Gasteiger partial charge on any atom is -0.377 e. The fourth-order valence-electron chi connectivity index (χ4n) is 1.23. The molecule has 0 saturated carbocycles. The van der Waals surface area contributed by atoms with Crippen molar-refractivity contribution in [3.63, 3.8) is 0 Å². The van der Waals surface area contributed by atoms with Crippen molar-refractivity contribution in [3.8, 4) is 0 Å². The lowest BCUT2D eigenvalue weighted by atomic mass is 10.4. The van der Waals surface area contributed by atoms with Gasteiger partial charge in [-0.3, -0.25) is 18.6 Å².